The molecule has 0 aromatic carbocycles. The van der Waals surface area contributed by atoms with Crippen LogP contribution in [0.15, 0.2) is 0 Å². The lowest BCUT2D eigenvalue weighted by molar-refractivity contribution is 0.0975. The van der Waals surface area contributed by atoms with E-state index in [1.807, 2.05) is 0 Å². The molecule has 0 spiro atoms. The minimum atomic E-state index is 1.11. The number of hydrogen-bond donors (Lipinski definition) is 0. The zero-order valence-electron chi connectivity index (χ0n) is 9.10. The van der Waals surface area contributed by atoms with Crippen molar-refractivity contribution in [1.29, 1.82) is 0 Å². The molecule has 13 heavy (non-hydrogen) atoms. The van der Waals surface area contributed by atoms with Crippen molar-refractivity contribution in [1.82, 2.24) is 0 Å². The van der Waals surface area contributed by atoms with Gasteiger partial charge in [-0.3, -0.25) is 0 Å². The Morgan fingerprint density at radius 1 is 0.923 bits per heavy atom. The van der Waals surface area contributed by atoms with Gasteiger partial charge in [-0.15, -0.1) is 0 Å². The molecule has 0 aromatic heterocycles. The second-order valence-corrected chi connectivity index (χ2v) is 5.19. The Labute approximate surface area is 83.1 Å². The van der Waals surface area contributed by atoms with Crippen LogP contribution in [0.3, 0.4) is 0 Å². The first-order valence-corrected chi connectivity index (χ1v) is 6.42. The van der Waals surface area contributed by atoms with E-state index in [4.69, 9.17) is 0 Å². The molecule has 0 aromatic rings. The van der Waals surface area contributed by atoms with Gasteiger partial charge < -0.3 is 0 Å². The predicted molar refractivity (Wildman–Crippen MR) is 57.7 cm³/mol. The lowest BCUT2D eigenvalue weighted by atomic mass is 9.64. The van der Waals surface area contributed by atoms with Gasteiger partial charge in [0.05, 0.1) is 0 Å². The molecule has 0 radical (unpaired) electrons. The average molecular weight is 180 g/mol. The van der Waals surface area contributed by atoms with Gasteiger partial charge in [-0.05, 0) is 24.2 Å². The van der Waals surface area contributed by atoms with Crippen LogP contribution in [0, 0.1) is 17.8 Å². The summed E-state index contributed by atoms with van der Waals surface area (Å²) < 4.78 is 0. The fraction of sp³-hybridized carbons (Fsp3) is 1.00. The van der Waals surface area contributed by atoms with Crippen LogP contribution in [-0.2, 0) is 0 Å². The molecule has 0 aliphatic heterocycles. The van der Waals surface area contributed by atoms with Crippen LogP contribution in [0.4, 0.5) is 0 Å². The molecule has 76 valence electrons. The predicted octanol–water partition coefficient (Wildman–Crippen LogP) is 4.39. The maximum absolute atomic E-state index is 2.35. The highest BCUT2D eigenvalue weighted by atomic mass is 14.4. The Hall–Kier alpha value is 0. The van der Waals surface area contributed by atoms with E-state index in [-0.39, 0.29) is 0 Å². The molecule has 0 heteroatoms. The van der Waals surface area contributed by atoms with E-state index in [9.17, 15) is 0 Å². The van der Waals surface area contributed by atoms with Gasteiger partial charge in [-0.2, -0.15) is 0 Å². The molecule has 2 saturated carbocycles. The largest absolute Gasteiger partial charge is 0.0654 e. The normalized spacial score (nSPS) is 39.9. The molecule has 2 fully saturated rings. The van der Waals surface area contributed by atoms with Crippen LogP contribution >= 0.6 is 0 Å². The molecule has 0 saturated heterocycles. The van der Waals surface area contributed by atoms with Crippen LogP contribution in [0.2, 0.25) is 0 Å². The molecule has 0 amide bonds. The molecule has 0 heterocycles. The third-order valence-electron chi connectivity index (χ3n) is 4.38. The molecular formula is C13H24. The Bertz CT molecular complexity index is 146. The van der Waals surface area contributed by atoms with Gasteiger partial charge in [0.1, 0.15) is 0 Å². The van der Waals surface area contributed by atoms with E-state index in [2.05, 4.69) is 6.92 Å². The van der Waals surface area contributed by atoms with Gasteiger partial charge >= 0.3 is 0 Å². The zero-order chi connectivity index (χ0) is 9.10. The molecule has 0 nitrogen and oxygen atoms in total. The topological polar surface area (TPSA) is 0 Å². The molecule has 2 aliphatic rings. The maximum atomic E-state index is 2.35. The third-order valence-corrected chi connectivity index (χ3v) is 4.38. The first-order chi connectivity index (χ1) is 6.42. The fourth-order valence-corrected chi connectivity index (χ4v) is 3.80. The van der Waals surface area contributed by atoms with Crippen LogP contribution in [0.25, 0.3) is 0 Å². The van der Waals surface area contributed by atoms with Gasteiger partial charge in [-0.25, -0.2) is 0 Å². The van der Waals surface area contributed by atoms with E-state index in [0.29, 0.717) is 0 Å². The van der Waals surface area contributed by atoms with Crippen molar-refractivity contribution in [2.75, 3.05) is 0 Å². The summed E-state index contributed by atoms with van der Waals surface area (Å²) in [6.07, 6.45) is 13.8. The Morgan fingerprint density at radius 2 is 1.69 bits per heavy atom. The first kappa shape index (κ1) is 9.55. The van der Waals surface area contributed by atoms with E-state index in [1.165, 1.54) is 32.1 Å². The SMILES string of the molecule is CCC[C@H]1CCC[C@H]2CCCC[C@H]21. The van der Waals surface area contributed by atoms with Gasteiger partial charge in [0.15, 0.2) is 0 Å². The summed E-state index contributed by atoms with van der Waals surface area (Å²) in [6, 6.07) is 0. The lowest BCUT2D eigenvalue weighted by Gasteiger charge is -2.41. The lowest BCUT2D eigenvalue weighted by Crippen LogP contribution is -2.30. The van der Waals surface area contributed by atoms with E-state index < -0.39 is 0 Å². The first-order valence-electron chi connectivity index (χ1n) is 6.42. The maximum Gasteiger partial charge on any atom is -0.0357 e. The summed E-state index contributed by atoms with van der Waals surface area (Å²) in [5, 5.41) is 0. The van der Waals surface area contributed by atoms with Crippen LogP contribution in [-0.4, -0.2) is 0 Å². The van der Waals surface area contributed by atoms with E-state index in [1.54, 1.807) is 25.7 Å². The Balaban J connectivity index is 1.94. The molecule has 0 bridgehead atoms. The van der Waals surface area contributed by atoms with Gasteiger partial charge in [0.2, 0.25) is 0 Å². The number of hydrogen-bond acceptors (Lipinski definition) is 0. The molecule has 0 unspecified atom stereocenters. The highest BCUT2D eigenvalue weighted by Crippen LogP contribution is 2.45. The average Bonchev–Trinajstić information content (AvgIpc) is 2.19. The number of rotatable bonds is 2. The second kappa shape index (κ2) is 4.48. The fourth-order valence-electron chi connectivity index (χ4n) is 3.80. The van der Waals surface area contributed by atoms with Crippen molar-refractivity contribution in [3.8, 4) is 0 Å². The summed E-state index contributed by atoms with van der Waals surface area (Å²) in [4.78, 5) is 0. The van der Waals surface area contributed by atoms with Crippen LogP contribution in [0.5, 0.6) is 0 Å². The van der Waals surface area contributed by atoms with Crippen molar-refractivity contribution in [2.24, 2.45) is 17.8 Å². The van der Waals surface area contributed by atoms with Crippen molar-refractivity contribution < 1.29 is 0 Å². The summed E-state index contributed by atoms with van der Waals surface area (Å²) >= 11 is 0. The number of fused-ring (bicyclic) bond motifs is 1. The summed E-state index contributed by atoms with van der Waals surface area (Å²) in [7, 11) is 0. The minimum absolute atomic E-state index is 1.11. The van der Waals surface area contributed by atoms with Crippen molar-refractivity contribution >= 4 is 0 Å². The quantitative estimate of drug-likeness (QED) is 0.591. The smallest absolute Gasteiger partial charge is 0.0357 e. The van der Waals surface area contributed by atoms with E-state index >= 15 is 0 Å². The molecule has 2 rings (SSSR count). The summed E-state index contributed by atoms with van der Waals surface area (Å²) in [5.41, 5.74) is 0. The summed E-state index contributed by atoms with van der Waals surface area (Å²) in [6.45, 7) is 2.35. The van der Waals surface area contributed by atoms with Gasteiger partial charge in [-0.1, -0.05) is 58.3 Å². The van der Waals surface area contributed by atoms with Crippen molar-refractivity contribution in [2.45, 2.75) is 64.7 Å². The standard InChI is InChI=1S/C13H24/c1-2-6-11-8-5-9-12-7-3-4-10-13(11)12/h11-13H,2-10H2,1H3/t11-,12+,13-/m0/s1. The van der Waals surface area contributed by atoms with Crippen molar-refractivity contribution in [3.05, 3.63) is 0 Å². The second-order valence-electron chi connectivity index (χ2n) is 5.19. The van der Waals surface area contributed by atoms with Gasteiger partial charge in [0, 0.05) is 0 Å². The zero-order valence-corrected chi connectivity index (χ0v) is 9.10. The monoisotopic (exact) mass is 180 g/mol. The van der Waals surface area contributed by atoms with Crippen molar-refractivity contribution in [3.63, 3.8) is 0 Å². The minimum Gasteiger partial charge on any atom is -0.0654 e. The highest BCUT2D eigenvalue weighted by molar-refractivity contribution is 4.84. The third kappa shape index (κ3) is 2.08. The summed E-state index contributed by atoms with van der Waals surface area (Å²) in [5.74, 6) is 3.39. The van der Waals surface area contributed by atoms with Crippen LogP contribution < -0.4 is 0 Å². The Kier molecular flexibility index (Phi) is 3.29. The molecule has 2 aliphatic carbocycles. The molecule has 3 atom stereocenters. The van der Waals surface area contributed by atoms with Gasteiger partial charge in [0.25, 0.3) is 0 Å². The highest BCUT2D eigenvalue weighted by Gasteiger charge is 2.33. The van der Waals surface area contributed by atoms with E-state index in [0.717, 1.165) is 17.8 Å². The molecular weight excluding hydrogens is 156 g/mol. The molecule has 0 N–H and O–H groups in total. The van der Waals surface area contributed by atoms with Crippen LogP contribution in [0.1, 0.15) is 64.7 Å². The Morgan fingerprint density at radius 3 is 2.54 bits per heavy atom.